The van der Waals surface area contributed by atoms with Crippen LogP contribution in [-0.4, -0.2) is 28.3 Å². The van der Waals surface area contributed by atoms with Crippen LogP contribution in [0.15, 0.2) is 69.6 Å². The molecule has 0 spiro atoms. The van der Waals surface area contributed by atoms with Crippen molar-refractivity contribution < 1.29 is 14.3 Å². The summed E-state index contributed by atoms with van der Waals surface area (Å²) < 4.78 is 16.6. The molecular formula is C32H32IN3O4S. The van der Waals surface area contributed by atoms with Gasteiger partial charge in [-0.05, 0) is 117 Å². The summed E-state index contributed by atoms with van der Waals surface area (Å²) in [5, 5.41) is 0. The Hall–Kier alpha value is -3.44. The molecule has 0 saturated carbocycles. The summed E-state index contributed by atoms with van der Waals surface area (Å²) in [7, 11) is 0. The average Bonchev–Trinajstić information content (AvgIpc) is 3.39. The van der Waals surface area contributed by atoms with Gasteiger partial charge in [0.05, 0.1) is 35.1 Å². The van der Waals surface area contributed by atoms with E-state index in [4.69, 9.17) is 14.5 Å². The predicted octanol–water partition coefficient (Wildman–Crippen LogP) is 5.52. The summed E-state index contributed by atoms with van der Waals surface area (Å²) >= 11 is 3.69. The summed E-state index contributed by atoms with van der Waals surface area (Å²) in [5.74, 6) is 0.249. The molecule has 0 bridgehead atoms. The maximum absolute atomic E-state index is 14.0. The summed E-state index contributed by atoms with van der Waals surface area (Å²) in [6.07, 6.45) is 1.93. The molecule has 0 saturated heterocycles. The van der Waals surface area contributed by atoms with Gasteiger partial charge >= 0.3 is 5.97 Å². The predicted molar refractivity (Wildman–Crippen MR) is 171 cm³/mol. The molecule has 0 fully saturated rings. The van der Waals surface area contributed by atoms with Gasteiger partial charge in [-0.2, -0.15) is 0 Å². The number of halogens is 1. The number of aryl methyl sites for hydroxylation is 2. The van der Waals surface area contributed by atoms with Crippen LogP contribution in [0.3, 0.4) is 0 Å². The Bertz CT molecular complexity index is 1860. The van der Waals surface area contributed by atoms with Gasteiger partial charge in [-0.15, -0.1) is 0 Å². The fourth-order valence-corrected chi connectivity index (χ4v) is 6.75. The van der Waals surface area contributed by atoms with Crippen LogP contribution in [-0.2, 0) is 9.53 Å². The molecule has 0 radical (unpaired) electrons. The maximum Gasteiger partial charge on any atom is 0.338 e. The molecule has 7 nitrogen and oxygen atoms in total. The third-order valence-corrected chi connectivity index (χ3v) is 9.34. The summed E-state index contributed by atoms with van der Waals surface area (Å²) in [5.41, 5.74) is 6.89. The third kappa shape index (κ3) is 5.44. The van der Waals surface area contributed by atoms with Crippen LogP contribution >= 0.6 is 33.9 Å². The van der Waals surface area contributed by atoms with Gasteiger partial charge in [-0.25, -0.2) is 9.79 Å². The first-order valence-electron chi connectivity index (χ1n) is 13.5. The number of carbonyl (C=O) groups is 1. The highest BCUT2D eigenvalue weighted by Gasteiger charge is 2.33. The highest BCUT2D eigenvalue weighted by molar-refractivity contribution is 14.1. The first-order valence-corrected chi connectivity index (χ1v) is 15.4. The number of fused-ring (bicyclic) bond motifs is 1. The minimum atomic E-state index is -0.662. The number of aromatic nitrogens is 2. The smallest absolute Gasteiger partial charge is 0.338 e. The lowest BCUT2D eigenvalue weighted by Crippen LogP contribution is -2.39. The van der Waals surface area contributed by atoms with E-state index in [2.05, 4.69) is 72.2 Å². The lowest BCUT2D eigenvalue weighted by molar-refractivity contribution is -0.139. The van der Waals surface area contributed by atoms with E-state index in [-0.39, 0.29) is 12.2 Å². The normalized spacial score (nSPS) is 15.1. The van der Waals surface area contributed by atoms with E-state index in [0.29, 0.717) is 27.2 Å². The first kappa shape index (κ1) is 29.1. The van der Waals surface area contributed by atoms with Gasteiger partial charge in [-0.1, -0.05) is 29.5 Å². The van der Waals surface area contributed by atoms with Gasteiger partial charge in [-0.3, -0.25) is 9.36 Å². The maximum atomic E-state index is 14.0. The molecule has 1 aliphatic heterocycles. The van der Waals surface area contributed by atoms with Gasteiger partial charge in [0.1, 0.15) is 5.75 Å². The number of hydrogen-bond acceptors (Lipinski definition) is 6. The fraction of sp³-hybridized carbons (Fsp3) is 0.281. The van der Waals surface area contributed by atoms with Crippen molar-refractivity contribution in [2.24, 2.45) is 4.99 Å². The Morgan fingerprint density at radius 1 is 1.05 bits per heavy atom. The zero-order valence-electron chi connectivity index (χ0n) is 23.9. The van der Waals surface area contributed by atoms with Crippen LogP contribution in [0.5, 0.6) is 5.75 Å². The van der Waals surface area contributed by atoms with Crippen LogP contribution in [0.2, 0.25) is 0 Å². The van der Waals surface area contributed by atoms with E-state index in [0.717, 1.165) is 34.0 Å². The van der Waals surface area contributed by atoms with E-state index >= 15 is 0 Å². The van der Waals surface area contributed by atoms with E-state index in [1.807, 2.05) is 37.3 Å². The number of carbonyl (C=O) groups excluding carboxylic acids is 1. The second-order valence-corrected chi connectivity index (χ2v) is 12.1. The lowest BCUT2D eigenvalue weighted by atomic mass is 9.96. The molecule has 0 N–H and O–H groups in total. The van der Waals surface area contributed by atoms with Crippen LogP contribution in [0.1, 0.15) is 54.9 Å². The quantitative estimate of drug-likeness (QED) is 0.190. The molecule has 41 heavy (non-hydrogen) atoms. The first-order chi connectivity index (χ1) is 19.6. The van der Waals surface area contributed by atoms with Crippen molar-refractivity contribution in [2.75, 3.05) is 13.2 Å². The fourth-order valence-electron chi connectivity index (χ4n) is 5.21. The SMILES string of the molecule is CCOC(=O)C1=C(C)N=c2s/c(=C\c3cc(C)n(-c4ccc(C)c(I)c4)c3C)c(=O)n2[C@@H]1c1ccc(OCC)cc1. The summed E-state index contributed by atoms with van der Waals surface area (Å²) in [4.78, 5) is 32.4. The van der Waals surface area contributed by atoms with Crippen LogP contribution in [0, 0.1) is 24.3 Å². The molecule has 1 atom stereocenters. The molecule has 1 aliphatic rings. The molecule has 212 valence electrons. The Balaban J connectivity index is 1.66. The van der Waals surface area contributed by atoms with Crippen molar-refractivity contribution in [1.29, 1.82) is 0 Å². The monoisotopic (exact) mass is 681 g/mol. The van der Waals surface area contributed by atoms with Crippen molar-refractivity contribution >= 4 is 46.0 Å². The van der Waals surface area contributed by atoms with Crippen molar-refractivity contribution in [3.05, 3.63) is 111 Å². The molecule has 5 rings (SSSR count). The number of thiazole rings is 1. The lowest BCUT2D eigenvalue weighted by Gasteiger charge is -2.24. The van der Waals surface area contributed by atoms with Crippen LogP contribution < -0.4 is 19.6 Å². The molecule has 0 amide bonds. The molecule has 2 aromatic heterocycles. The molecular weight excluding hydrogens is 649 g/mol. The molecule has 2 aromatic carbocycles. The zero-order chi connectivity index (χ0) is 29.4. The Morgan fingerprint density at radius 3 is 2.44 bits per heavy atom. The number of benzene rings is 2. The summed E-state index contributed by atoms with van der Waals surface area (Å²) in [6.45, 7) is 12.5. The van der Waals surface area contributed by atoms with Crippen molar-refractivity contribution in [3.8, 4) is 11.4 Å². The second kappa shape index (κ2) is 11.8. The topological polar surface area (TPSA) is 74.8 Å². The molecule has 3 heterocycles. The second-order valence-electron chi connectivity index (χ2n) is 9.90. The number of rotatable bonds is 7. The van der Waals surface area contributed by atoms with Crippen LogP contribution in [0.4, 0.5) is 0 Å². The standard InChI is InChI=1S/C32H32IN3O4S/c1-7-39-25-13-10-22(11-14-25)29-28(31(38)40-8-2)20(5)34-32-36(29)30(37)27(41-32)16-23-15-19(4)35(21(23)6)24-12-9-18(3)26(33)17-24/h9-17,29H,7-8H2,1-6H3/b27-16-/t29-/m1/s1. The van der Waals surface area contributed by atoms with Crippen molar-refractivity contribution in [1.82, 2.24) is 9.13 Å². The molecule has 9 heteroatoms. The third-order valence-electron chi connectivity index (χ3n) is 7.19. The van der Waals surface area contributed by atoms with Crippen LogP contribution in [0.25, 0.3) is 11.8 Å². The molecule has 4 aromatic rings. The highest BCUT2D eigenvalue weighted by Crippen LogP contribution is 2.32. The number of nitrogens with zero attached hydrogens (tertiary/aromatic N) is 3. The van der Waals surface area contributed by atoms with Gasteiger partial charge in [0.2, 0.25) is 0 Å². The van der Waals surface area contributed by atoms with E-state index in [1.54, 1.807) is 18.4 Å². The Morgan fingerprint density at radius 2 is 1.78 bits per heavy atom. The number of allylic oxidation sites excluding steroid dienone is 1. The zero-order valence-corrected chi connectivity index (χ0v) is 26.9. The van der Waals surface area contributed by atoms with Crippen molar-refractivity contribution in [3.63, 3.8) is 0 Å². The minimum Gasteiger partial charge on any atom is -0.494 e. The van der Waals surface area contributed by atoms with Gasteiger partial charge in [0.25, 0.3) is 5.56 Å². The molecule has 0 unspecified atom stereocenters. The Labute approximate surface area is 256 Å². The molecule has 0 aliphatic carbocycles. The number of esters is 1. The van der Waals surface area contributed by atoms with Gasteiger partial charge in [0, 0.05) is 20.6 Å². The van der Waals surface area contributed by atoms with E-state index in [1.165, 1.54) is 20.5 Å². The largest absolute Gasteiger partial charge is 0.494 e. The number of ether oxygens (including phenoxy) is 2. The minimum absolute atomic E-state index is 0.198. The Kier molecular flexibility index (Phi) is 8.37. The van der Waals surface area contributed by atoms with Crippen molar-refractivity contribution in [2.45, 2.75) is 47.6 Å². The van der Waals surface area contributed by atoms with Gasteiger partial charge in [0.15, 0.2) is 4.80 Å². The van der Waals surface area contributed by atoms with Gasteiger partial charge < -0.3 is 14.0 Å². The van der Waals surface area contributed by atoms with E-state index < -0.39 is 12.0 Å². The summed E-state index contributed by atoms with van der Waals surface area (Å²) in [6, 6.07) is 15.3. The average molecular weight is 682 g/mol. The van der Waals surface area contributed by atoms with E-state index in [9.17, 15) is 9.59 Å². The number of hydrogen-bond donors (Lipinski definition) is 0. The highest BCUT2D eigenvalue weighted by atomic mass is 127.